The van der Waals surface area contributed by atoms with Gasteiger partial charge in [0.15, 0.2) is 0 Å². The smallest absolute Gasteiger partial charge is 0.141 e. The zero-order chi connectivity index (χ0) is 12.8. The maximum atomic E-state index is 13.3. The maximum absolute atomic E-state index is 13.3. The van der Waals surface area contributed by atoms with E-state index in [1.165, 1.54) is 38.3 Å². The predicted molar refractivity (Wildman–Crippen MR) is 72.1 cm³/mol. The van der Waals surface area contributed by atoms with Crippen LogP contribution in [-0.2, 0) is 0 Å². The van der Waals surface area contributed by atoms with Crippen molar-refractivity contribution in [3.63, 3.8) is 0 Å². The minimum atomic E-state index is -0.209. The van der Waals surface area contributed by atoms with Crippen LogP contribution >= 0.6 is 0 Å². The Morgan fingerprint density at radius 3 is 2.89 bits per heavy atom. The van der Waals surface area contributed by atoms with Crippen LogP contribution in [0.1, 0.15) is 50.5 Å². The lowest BCUT2D eigenvalue weighted by atomic mass is 9.83. The van der Waals surface area contributed by atoms with Crippen LogP contribution in [-0.4, -0.2) is 18.1 Å². The van der Waals surface area contributed by atoms with Gasteiger partial charge in [-0.2, -0.15) is 0 Å². The van der Waals surface area contributed by atoms with E-state index in [9.17, 15) is 4.39 Å². The molecule has 1 aliphatic carbocycles. The molecule has 0 aliphatic heterocycles. The number of nitrogens with zero attached hydrogens (tertiary/aromatic N) is 1. The van der Waals surface area contributed by atoms with E-state index in [4.69, 9.17) is 0 Å². The van der Waals surface area contributed by atoms with Crippen LogP contribution in [0.25, 0.3) is 0 Å². The van der Waals surface area contributed by atoms with Crippen molar-refractivity contribution in [2.45, 2.75) is 44.9 Å². The van der Waals surface area contributed by atoms with Gasteiger partial charge >= 0.3 is 0 Å². The molecule has 2 atom stereocenters. The Balaban J connectivity index is 2.14. The van der Waals surface area contributed by atoms with Crippen molar-refractivity contribution in [3.05, 3.63) is 29.8 Å². The van der Waals surface area contributed by atoms with E-state index in [-0.39, 0.29) is 5.82 Å². The molecule has 18 heavy (non-hydrogen) atoms. The summed E-state index contributed by atoms with van der Waals surface area (Å²) in [6.07, 6.45) is 9.41. The molecule has 0 radical (unpaired) electrons. The molecule has 0 aromatic carbocycles. The van der Waals surface area contributed by atoms with Gasteiger partial charge in [0.2, 0.25) is 0 Å². The van der Waals surface area contributed by atoms with Gasteiger partial charge in [-0.3, -0.25) is 4.98 Å². The number of hydrogen-bond acceptors (Lipinski definition) is 2. The van der Waals surface area contributed by atoms with Crippen LogP contribution in [0, 0.1) is 11.7 Å². The lowest BCUT2D eigenvalue weighted by Crippen LogP contribution is -2.26. The zero-order valence-corrected chi connectivity index (χ0v) is 11.2. The first-order valence-corrected chi connectivity index (χ1v) is 7.12. The van der Waals surface area contributed by atoms with E-state index >= 15 is 0 Å². The van der Waals surface area contributed by atoms with Gasteiger partial charge < -0.3 is 5.32 Å². The molecule has 0 amide bonds. The first-order chi connectivity index (χ1) is 8.81. The largest absolute Gasteiger partial charge is 0.317 e. The molecule has 1 heterocycles. The summed E-state index contributed by atoms with van der Waals surface area (Å²) in [7, 11) is 0. The fraction of sp³-hybridized carbons (Fsp3) is 0.667. The van der Waals surface area contributed by atoms with E-state index in [1.54, 1.807) is 6.07 Å². The Hall–Kier alpha value is -0.960. The zero-order valence-electron chi connectivity index (χ0n) is 11.2. The summed E-state index contributed by atoms with van der Waals surface area (Å²) in [6, 6.07) is 1.67. The lowest BCUT2D eigenvalue weighted by molar-refractivity contribution is 0.377. The van der Waals surface area contributed by atoms with Crippen LogP contribution in [0.15, 0.2) is 18.5 Å². The highest BCUT2D eigenvalue weighted by atomic mass is 19.1. The van der Waals surface area contributed by atoms with E-state index in [2.05, 4.69) is 17.2 Å². The highest BCUT2D eigenvalue weighted by molar-refractivity contribution is 5.17. The second kappa shape index (κ2) is 6.83. The molecule has 1 aromatic rings. The van der Waals surface area contributed by atoms with Crippen LogP contribution in [0.4, 0.5) is 4.39 Å². The number of hydrogen-bond donors (Lipinski definition) is 1. The number of rotatable bonds is 4. The molecule has 2 nitrogen and oxygen atoms in total. The molecule has 0 spiro atoms. The summed E-state index contributed by atoms with van der Waals surface area (Å²) in [6.45, 7) is 4.18. The number of pyridine rings is 1. The van der Waals surface area contributed by atoms with Crippen molar-refractivity contribution in [3.8, 4) is 0 Å². The summed E-state index contributed by atoms with van der Waals surface area (Å²) in [4.78, 5) is 4.01. The van der Waals surface area contributed by atoms with E-state index in [0.29, 0.717) is 11.8 Å². The SMILES string of the molecule is CCNCC1CCCCCC1c1cncc(F)c1. The van der Waals surface area contributed by atoms with Gasteiger partial charge in [-0.15, -0.1) is 0 Å². The van der Waals surface area contributed by atoms with Crippen LogP contribution in [0.3, 0.4) is 0 Å². The topological polar surface area (TPSA) is 24.9 Å². The molecule has 1 aromatic heterocycles. The molecule has 100 valence electrons. The van der Waals surface area contributed by atoms with Crippen molar-refractivity contribution in [1.29, 1.82) is 0 Å². The Labute approximate surface area is 109 Å². The lowest BCUT2D eigenvalue weighted by Gasteiger charge is -2.25. The molecule has 2 unspecified atom stereocenters. The first kappa shape index (κ1) is 13.5. The van der Waals surface area contributed by atoms with Gasteiger partial charge in [-0.1, -0.05) is 26.2 Å². The van der Waals surface area contributed by atoms with Gasteiger partial charge in [0.25, 0.3) is 0 Å². The minimum absolute atomic E-state index is 0.209. The standard InChI is InChI=1S/C15H23FN2/c1-2-17-9-12-6-4-3-5-7-15(12)13-8-14(16)11-18-10-13/h8,10-12,15,17H,2-7,9H2,1H3. The molecular weight excluding hydrogens is 227 g/mol. The third kappa shape index (κ3) is 3.52. The van der Waals surface area contributed by atoms with Crippen LogP contribution in [0.5, 0.6) is 0 Å². The summed E-state index contributed by atoms with van der Waals surface area (Å²) in [5, 5.41) is 3.45. The third-order valence-corrected chi connectivity index (χ3v) is 3.97. The predicted octanol–water partition coefficient (Wildman–Crippen LogP) is 3.49. The average Bonchev–Trinajstić information content (AvgIpc) is 2.61. The molecule has 2 rings (SSSR count). The average molecular weight is 250 g/mol. The number of nitrogens with one attached hydrogen (secondary N) is 1. The summed E-state index contributed by atoms with van der Waals surface area (Å²) in [5.41, 5.74) is 1.08. The van der Waals surface area contributed by atoms with Gasteiger partial charge in [-0.05, 0) is 49.4 Å². The molecule has 0 saturated heterocycles. The molecule has 0 bridgehead atoms. The van der Waals surface area contributed by atoms with Gasteiger partial charge in [0.05, 0.1) is 6.20 Å². The Morgan fingerprint density at radius 1 is 1.28 bits per heavy atom. The molecule has 1 fully saturated rings. The molecule has 1 N–H and O–H groups in total. The van der Waals surface area contributed by atoms with Crippen molar-refractivity contribution < 1.29 is 4.39 Å². The van der Waals surface area contributed by atoms with Crippen molar-refractivity contribution in [1.82, 2.24) is 10.3 Å². The fourth-order valence-corrected chi connectivity index (χ4v) is 3.03. The fourth-order valence-electron chi connectivity index (χ4n) is 3.03. The molecular formula is C15H23FN2. The third-order valence-electron chi connectivity index (χ3n) is 3.97. The minimum Gasteiger partial charge on any atom is -0.317 e. The van der Waals surface area contributed by atoms with Gasteiger partial charge in [-0.25, -0.2) is 4.39 Å². The van der Waals surface area contributed by atoms with E-state index in [0.717, 1.165) is 18.7 Å². The van der Waals surface area contributed by atoms with E-state index < -0.39 is 0 Å². The second-order valence-corrected chi connectivity index (χ2v) is 5.25. The van der Waals surface area contributed by atoms with Gasteiger partial charge in [0.1, 0.15) is 5.82 Å². The van der Waals surface area contributed by atoms with Crippen LogP contribution < -0.4 is 5.32 Å². The Bertz CT molecular complexity index is 367. The monoisotopic (exact) mass is 250 g/mol. The molecule has 3 heteroatoms. The number of aromatic nitrogens is 1. The first-order valence-electron chi connectivity index (χ1n) is 7.12. The maximum Gasteiger partial charge on any atom is 0.141 e. The second-order valence-electron chi connectivity index (χ2n) is 5.25. The highest BCUT2D eigenvalue weighted by Crippen LogP contribution is 2.36. The van der Waals surface area contributed by atoms with E-state index in [1.807, 2.05) is 6.20 Å². The van der Waals surface area contributed by atoms with Crippen molar-refractivity contribution in [2.75, 3.05) is 13.1 Å². The quantitative estimate of drug-likeness (QED) is 0.827. The summed E-state index contributed by atoms with van der Waals surface area (Å²) >= 11 is 0. The Morgan fingerprint density at radius 2 is 2.11 bits per heavy atom. The number of halogens is 1. The van der Waals surface area contributed by atoms with Crippen LogP contribution in [0.2, 0.25) is 0 Å². The normalized spacial score (nSPS) is 24.8. The van der Waals surface area contributed by atoms with Crippen molar-refractivity contribution in [2.24, 2.45) is 5.92 Å². The molecule has 1 aliphatic rings. The highest BCUT2D eigenvalue weighted by Gasteiger charge is 2.25. The molecule has 1 saturated carbocycles. The van der Waals surface area contributed by atoms with Crippen molar-refractivity contribution >= 4 is 0 Å². The summed E-state index contributed by atoms with van der Waals surface area (Å²) < 4.78 is 13.3. The summed E-state index contributed by atoms with van der Waals surface area (Å²) in [5.74, 6) is 0.879. The van der Waals surface area contributed by atoms with Gasteiger partial charge in [0, 0.05) is 6.20 Å². The Kier molecular flexibility index (Phi) is 5.12.